The molecule has 0 bridgehead atoms. The number of hydrogen-bond donors (Lipinski definition) is 1. The van der Waals surface area contributed by atoms with Gasteiger partial charge in [0.05, 0.1) is 0 Å². The molecule has 1 heteroatoms. The fourth-order valence-electron chi connectivity index (χ4n) is 2.30. The smallest absolute Gasteiger partial charge is 0.0105 e. The van der Waals surface area contributed by atoms with Crippen molar-refractivity contribution >= 4 is 5.57 Å². The number of benzene rings is 1. The van der Waals surface area contributed by atoms with Gasteiger partial charge in [-0.05, 0) is 48.4 Å². The Kier molecular flexibility index (Phi) is 6.84. The molecule has 0 saturated heterocycles. The molecule has 0 fully saturated rings. The van der Waals surface area contributed by atoms with Crippen molar-refractivity contribution in [3.63, 3.8) is 0 Å². The third kappa shape index (κ3) is 4.85. The van der Waals surface area contributed by atoms with Crippen LogP contribution in [0.2, 0.25) is 0 Å². The minimum atomic E-state index is -0.155. The van der Waals surface area contributed by atoms with Crippen LogP contribution in [0.1, 0.15) is 33.3 Å². The number of nitrogens with one attached hydrogen (secondary N) is 1. The largest absolute Gasteiger partial charge is 0.394 e. The molecule has 0 saturated carbocycles. The first kappa shape index (κ1) is 18.8. The first-order valence-corrected chi connectivity index (χ1v) is 7.97. The standard InChI is InChI=1S/C22H29N/c1-8-20(21-12-10-9-11-13-21)16-18(3)22(5,6)19(4)17(2)14-15-23-7/h8-16,23H,2,4H2,1,3,5-7H3/b15-14-,18-16+,20-8+. The molecule has 1 rings (SSSR count). The van der Waals surface area contributed by atoms with Crippen molar-refractivity contribution in [1.82, 2.24) is 5.32 Å². The Hall–Kier alpha value is -2.28. The van der Waals surface area contributed by atoms with Crippen LogP contribution < -0.4 is 5.32 Å². The Morgan fingerprint density at radius 1 is 1.13 bits per heavy atom. The van der Waals surface area contributed by atoms with E-state index in [9.17, 15) is 0 Å². The summed E-state index contributed by atoms with van der Waals surface area (Å²) < 4.78 is 0. The Balaban J connectivity index is 3.09. The highest BCUT2D eigenvalue weighted by molar-refractivity contribution is 5.74. The van der Waals surface area contributed by atoms with Gasteiger partial charge >= 0.3 is 0 Å². The molecule has 0 atom stereocenters. The molecule has 0 spiro atoms. The van der Waals surface area contributed by atoms with Gasteiger partial charge in [-0.3, -0.25) is 0 Å². The Bertz CT molecular complexity index is 640. The van der Waals surface area contributed by atoms with Crippen molar-refractivity contribution < 1.29 is 0 Å². The minimum Gasteiger partial charge on any atom is -0.394 e. The van der Waals surface area contributed by atoms with Gasteiger partial charge in [0, 0.05) is 12.5 Å². The number of hydrogen-bond acceptors (Lipinski definition) is 1. The van der Waals surface area contributed by atoms with Gasteiger partial charge < -0.3 is 5.32 Å². The molecule has 0 heterocycles. The topological polar surface area (TPSA) is 12.0 Å². The number of rotatable bonds is 7. The Morgan fingerprint density at radius 2 is 1.74 bits per heavy atom. The third-order valence-corrected chi connectivity index (χ3v) is 4.37. The molecule has 0 aromatic heterocycles. The maximum atomic E-state index is 4.27. The van der Waals surface area contributed by atoms with Gasteiger partial charge in [-0.2, -0.15) is 0 Å². The van der Waals surface area contributed by atoms with E-state index < -0.39 is 0 Å². The summed E-state index contributed by atoms with van der Waals surface area (Å²) in [6.07, 6.45) is 8.23. The van der Waals surface area contributed by atoms with Gasteiger partial charge in [0.25, 0.3) is 0 Å². The molecule has 0 aliphatic heterocycles. The summed E-state index contributed by atoms with van der Waals surface area (Å²) in [6.45, 7) is 17.0. The second-order valence-electron chi connectivity index (χ2n) is 6.19. The van der Waals surface area contributed by atoms with Crippen LogP contribution in [0.5, 0.6) is 0 Å². The zero-order valence-corrected chi connectivity index (χ0v) is 15.1. The van der Waals surface area contributed by atoms with E-state index in [2.05, 4.69) is 82.6 Å². The molecular formula is C22H29N. The molecule has 0 radical (unpaired) electrons. The molecule has 122 valence electrons. The maximum Gasteiger partial charge on any atom is 0.0105 e. The zero-order chi connectivity index (χ0) is 17.5. The van der Waals surface area contributed by atoms with E-state index in [-0.39, 0.29) is 5.41 Å². The van der Waals surface area contributed by atoms with Crippen LogP contribution in [0.4, 0.5) is 0 Å². The Labute approximate surface area is 141 Å². The summed E-state index contributed by atoms with van der Waals surface area (Å²) >= 11 is 0. The van der Waals surface area contributed by atoms with Crippen LogP contribution in [0.15, 0.2) is 84.6 Å². The van der Waals surface area contributed by atoms with Crippen molar-refractivity contribution in [1.29, 1.82) is 0 Å². The summed E-state index contributed by atoms with van der Waals surface area (Å²) in [5, 5.41) is 2.99. The monoisotopic (exact) mass is 307 g/mol. The molecule has 1 aromatic rings. The van der Waals surface area contributed by atoms with Crippen molar-refractivity contribution in [2.75, 3.05) is 7.05 Å². The van der Waals surface area contributed by atoms with Crippen LogP contribution in [0.3, 0.4) is 0 Å². The van der Waals surface area contributed by atoms with E-state index in [1.165, 1.54) is 16.7 Å². The summed E-state index contributed by atoms with van der Waals surface area (Å²) in [5.41, 5.74) is 5.53. The van der Waals surface area contributed by atoms with Crippen molar-refractivity contribution in [2.45, 2.75) is 27.7 Å². The first-order valence-electron chi connectivity index (χ1n) is 7.97. The summed E-state index contributed by atoms with van der Waals surface area (Å²) in [7, 11) is 1.88. The molecule has 0 aliphatic rings. The lowest BCUT2D eigenvalue weighted by Crippen LogP contribution is -2.17. The SMILES string of the molecule is C=C(/C=C\NC)C(=C)C(C)(C)/C(C)=C/C(=C\C)c1ccccc1. The molecular weight excluding hydrogens is 278 g/mol. The zero-order valence-electron chi connectivity index (χ0n) is 15.1. The van der Waals surface area contributed by atoms with Gasteiger partial charge in [0.15, 0.2) is 0 Å². The highest BCUT2D eigenvalue weighted by atomic mass is 14.8. The van der Waals surface area contributed by atoms with Crippen LogP contribution >= 0.6 is 0 Å². The van der Waals surface area contributed by atoms with Crippen molar-refractivity contribution in [2.24, 2.45) is 5.41 Å². The van der Waals surface area contributed by atoms with E-state index in [1.54, 1.807) is 0 Å². The highest BCUT2D eigenvalue weighted by Crippen LogP contribution is 2.38. The fourth-order valence-corrected chi connectivity index (χ4v) is 2.30. The second kappa shape index (κ2) is 8.38. The molecule has 0 aliphatic carbocycles. The van der Waals surface area contributed by atoms with Gasteiger partial charge in [-0.1, -0.05) is 75.1 Å². The van der Waals surface area contributed by atoms with Crippen LogP contribution in [0.25, 0.3) is 5.57 Å². The number of allylic oxidation sites excluding steroid dienone is 7. The van der Waals surface area contributed by atoms with Crippen LogP contribution in [0, 0.1) is 5.41 Å². The average molecular weight is 307 g/mol. The molecule has 1 nitrogen and oxygen atoms in total. The molecule has 23 heavy (non-hydrogen) atoms. The van der Waals surface area contributed by atoms with E-state index in [4.69, 9.17) is 0 Å². The first-order chi connectivity index (χ1) is 10.8. The van der Waals surface area contributed by atoms with E-state index in [0.717, 1.165) is 11.1 Å². The van der Waals surface area contributed by atoms with Crippen molar-refractivity contribution in [3.05, 3.63) is 90.2 Å². The quantitative estimate of drug-likeness (QED) is 0.618. The van der Waals surface area contributed by atoms with E-state index in [1.807, 2.05) is 25.4 Å². The van der Waals surface area contributed by atoms with Crippen LogP contribution in [-0.2, 0) is 0 Å². The minimum absolute atomic E-state index is 0.155. The molecule has 1 N–H and O–H groups in total. The summed E-state index contributed by atoms with van der Waals surface area (Å²) in [4.78, 5) is 0. The predicted molar refractivity (Wildman–Crippen MR) is 104 cm³/mol. The lowest BCUT2D eigenvalue weighted by molar-refractivity contribution is 0.550. The van der Waals surface area contributed by atoms with E-state index in [0.29, 0.717) is 0 Å². The van der Waals surface area contributed by atoms with Gasteiger partial charge in [0.2, 0.25) is 0 Å². The van der Waals surface area contributed by atoms with Gasteiger partial charge in [0.1, 0.15) is 0 Å². The summed E-state index contributed by atoms with van der Waals surface area (Å²) in [6, 6.07) is 10.4. The van der Waals surface area contributed by atoms with Crippen molar-refractivity contribution in [3.8, 4) is 0 Å². The second-order valence-corrected chi connectivity index (χ2v) is 6.19. The normalized spacial score (nSPS) is 13.3. The molecule has 0 amide bonds. The maximum absolute atomic E-state index is 4.27. The third-order valence-electron chi connectivity index (χ3n) is 4.37. The molecule has 1 aromatic carbocycles. The average Bonchev–Trinajstić information content (AvgIpc) is 2.57. The highest BCUT2D eigenvalue weighted by Gasteiger charge is 2.25. The summed E-state index contributed by atoms with van der Waals surface area (Å²) in [5.74, 6) is 0. The fraction of sp³-hybridized carbons (Fsp3) is 0.273. The Morgan fingerprint density at radius 3 is 2.26 bits per heavy atom. The lowest BCUT2D eigenvalue weighted by atomic mass is 9.75. The predicted octanol–water partition coefficient (Wildman–Crippen LogP) is 5.91. The van der Waals surface area contributed by atoms with Crippen LogP contribution in [-0.4, -0.2) is 7.05 Å². The molecule has 0 unspecified atom stereocenters. The lowest BCUT2D eigenvalue weighted by Gasteiger charge is -2.29. The van der Waals surface area contributed by atoms with E-state index >= 15 is 0 Å². The van der Waals surface area contributed by atoms with Gasteiger partial charge in [-0.15, -0.1) is 0 Å². The van der Waals surface area contributed by atoms with Gasteiger partial charge in [-0.25, -0.2) is 0 Å².